The standard InChI is InChI=1S/C29H25F2N7O4/c30-16-4-7-19(8-5-16)38-29(41)21(10-13-33-38)28(40)35-18-6-9-23(22(31)15-18)42-24-11-12-32-26-25(24)27(37-36-26)34-17-2-1-3-20(39)14-17/h4-13,15,17,20,39H,1-3,14H2,(H,35,40)(H2,32,34,36,37). The maximum Gasteiger partial charge on any atom is 0.284 e. The molecule has 2 atom stereocenters. The van der Waals surface area contributed by atoms with Crippen LogP contribution in [0.4, 0.5) is 20.3 Å². The molecule has 0 radical (unpaired) electrons. The number of aliphatic hydroxyl groups is 1. The SMILES string of the molecule is O=C(Nc1ccc(Oc2ccnc3[nH]nc(NC4CCCC(O)C4)c23)c(F)c1)c1ccnn(-c2ccc(F)cc2)c1=O. The summed E-state index contributed by atoms with van der Waals surface area (Å²) in [7, 11) is 0. The number of amides is 1. The highest BCUT2D eigenvalue weighted by molar-refractivity contribution is 6.04. The van der Waals surface area contributed by atoms with Gasteiger partial charge in [0.05, 0.1) is 11.8 Å². The summed E-state index contributed by atoms with van der Waals surface area (Å²) in [6.45, 7) is 0. The van der Waals surface area contributed by atoms with Gasteiger partial charge in [0, 0.05) is 36.3 Å². The van der Waals surface area contributed by atoms with Gasteiger partial charge in [-0.05, 0) is 68.1 Å². The van der Waals surface area contributed by atoms with Crippen LogP contribution in [0, 0.1) is 11.6 Å². The van der Waals surface area contributed by atoms with E-state index in [0.29, 0.717) is 29.0 Å². The van der Waals surface area contributed by atoms with Gasteiger partial charge in [0.2, 0.25) is 0 Å². The zero-order chi connectivity index (χ0) is 29.2. The fraction of sp³-hybridized carbons (Fsp3) is 0.207. The smallest absolute Gasteiger partial charge is 0.284 e. The van der Waals surface area contributed by atoms with Gasteiger partial charge >= 0.3 is 0 Å². The fourth-order valence-electron chi connectivity index (χ4n) is 4.93. The van der Waals surface area contributed by atoms with Crippen molar-refractivity contribution in [3.8, 4) is 17.2 Å². The molecule has 42 heavy (non-hydrogen) atoms. The summed E-state index contributed by atoms with van der Waals surface area (Å²) in [6, 6.07) is 11.8. The summed E-state index contributed by atoms with van der Waals surface area (Å²) in [4.78, 5) is 30.0. The van der Waals surface area contributed by atoms with Crippen LogP contribution in [0.2, 0.25) is 0 Å². The molecule has 6 rings (SSSR count). The average Bonchev–Trinajstić information content (AvgIpc) is 3.38. The largest absolute Gasteiger partial charge is 0.453 e. The van der Waals surface area contributed by atoms with Gasteiger partial charge in [0.15, 0.2) is 23.0 Å². The fourth-order valence-corrected chi connectivity index (χ4v) is 4.93. The van der Waals surface area contributed by atoms with Crippen molar-refractivity contribution in [3.63, 3.8) is 0 Å². The van der Waals surface area contributed by atoms with Gasteiger partial charge < -0.3 is 20.5 Å². The Kier molecular flexibility index (Phi) is 7.32. The molecule has 0 aliphatic heterocycles. The second-order valence-corrected chi connectivity index (χ2v) is 9.91. The lowest BCUT2D eigenvalue weighted by Crippen LogP contribution is -2.30. The maximum absolute atomic E-state index is 15.2. The van der Waals surface area contributed by atoms with Crippen LogP contribution in [-0.4, -0.2) is 48.1 Å². The first-order valence-corrected chi connectivity index (χ1v) is 13.3. The lowest BCUT2D eigenvalue weighted by atomic mass is 9.93. The normalized spacial score (nSPS) is 16.7. The Labute approximate surface area is 237 Å². The van der Waals surface area contributed by atoms with E-state index in [1.54, 1.807) is 6.07 Å². The molecule has 0 spiro atoms. The number of rotatable bonds is 7. The van der Waals surface area contributed by atoms with Crippen LogP contribution in [-0.2, 0) is 0 Å². The molecule has 2 aromatic carbocycles. The number of H-pyrrole nitrogens is 1. The number of hydrogen-bond donors (Lipinski definition) is 4. The molecule has 1 aliphatic rings. The second kappa shape index (κ2) is 11.4. The number of nitrogens with one attached hydrogen (secondary N) is 3. The summed E-state index contributed by atoms with van der Waals surface area (Å²) in [5.74, 6) is -1.33. The Balaban J connectivity index is 1.20. The molecule has 5 aromatic rings. The number of nitrogens with zero attached hydrogens (tertiary/aromatic N) is 4. The first kappa shape index (κ1) is 27.0. The number of aromatic amines is 1. The van der Waals surface area contributed by atoms with Crippen molar-refractivity contribution < 1.29 is 23.4 Å². The van der Waals surface area contributed by atoms with Gasteiger partial charge in [-0.15, -0.1) is 0 Å². The molecule has 214 valence electrons. The summed E-state index contributed by atoms with van der Waals surface area (Å²) in [5, 5.41) is 27.5. The molecule has 2 unspecified atom stereocenters. The highest BCUT2D eigenvalue weighted by atomic mass is 19.1. The number of anilines is 2. The van der Waals surface area contributed by atoms with E-state index < -0.39 is 23.1 Å². The summed E-state index contributed by atoms with van der Waals surface area (Å²) >= 11 is 0. The quantitative estimate of drug-likeness (QED) is 0.222. The predicted molar refractivity (Wildman–Crippen MR) is 150 cm³/mol. The number of carbonyl (C=O) groups is 1. The zero-order valence-corrected chi connectivity index (χ0v) is 22.1. The molecule has 1 aliphatic carbocycles. The summed E-state index contributed by atoms with van der Waals surface area (Å²) in [6.07, 6.45) is 5.52. The van der Waals surface area contributed by atoms with Gasteiger partial charge in [-0.1, -0.05) is 0 Å². The molecular weight excluding hydrogens is 548 g/mol. The Hall–Kier alpha value is -5.17. The van der Waals surface area contributed by atoms with Crippen molar-refractivity contribution in [2.75, 3.05) is 10.6 Å². The Morgan fingerprint density at radius 2 is 1.88 bits per heavy atom. The van der Waals surface area contributed by atoms with Gasteiger partial charge in [0.25, 0.3) is 11.5 Å². The number of carbonyl (C=O) groups excluding carboxylic acids is 1. The first-order valence-electron chi connectivity index (χ1n) is 13.3. The van der Waals surface area contributed by atoms with Crippen molar-refractivity contribution in [2.24, 2.45) is 0 Å². The molecule has 3 heterocycles. The lowest BCUT2D eigenvalue weighted by molar-refractivity contribution is 0.102. The van der Waals surface area contributed by atoms with Crippen molar-refractivity contribution in [2.45, 2.75) is 37.8 Å². The van der Waals surface area contributed by atoms with Crippen molar-refractivity contribution in [3.05, 3.63) is 94.5 Å². The third-order valence-corrected chi connectivity index (χ3v) is 6.98. The Bertz CT molecular complexity index is 1820. The minimum atomic E-state index is -0.774. The summed E-state index contributed by atoms with van der Waals surface area (Å²) in [5.41, 5.74) is -0.146. The van der Waals surface area contributed by atoms with Gasteiger partial charge in [-0.2, -0.15) is 14.9 Å². The van der Waals surface area contributed by atoms with E-state index in [-0.39, 0.29) is 34.8 Å². The van der Waals surface area contributed by atoms with E-state index in [9.17, 15) is 19.1 Å². The topological polar surface area (TPSA) is 147 Å². The molecule has 13 heteroatoms. The van der Waals surface area contributed by atoms with Crippen LogP contribution in [0.3, 0.4) is 0 Å². The highest BCUT2D eigenvalue weighted by Gasteiger charge is 2.23. The maximum atomic E-state index is 15.2. The second-order valence-electron chi connectivity index (χ2n) is 9.91. The number of fused-ring (bicyclic) bond motifs is 1. The van der Waals surface area contributed by atoms with Crippen LogP contribution < -0.4 is 20.9 Å². The highest BCUT2D eigenvalue weighted by Crippen LogP contribution is 2.35. The van der Waals surface area contributed by atoms with Gasteiger partial charge in [-0.3, -0.25) is 14.7 Å². The van der Waals surface area contributed by atoms with Crippen molar-refractivity contribution in [1.29, 1.82) is 0 Å². The summed E-state index contributed by atoms with van der Waals surface area (Å²) < 4.78 is 35.3. The third-order valence-electron chi connectivity index (χ3n) is 6.98. The monoisotopic (exact) mass is 573 g/mol. The van der Waals surface area contributed by atoms with E-state index in [4.69, 9.17) is 4.74 Å². The molecule has 1 saturated carbocycles. The number of halogens is 2. The molecule has 4 N–H and O–H groups in total. The number of aliphatic hydroxyl groups excluding tert-OH is 1. The first-order chi connectivity index (χ1) is 20.4. The minimum Gasteiger partial charge on any atom is -0.453 e. The molecule has 0 bridgehead atoms. The van der Waals surface area contributed by atoms with E-state index in [0.717, 1.165) is 30.0 Å². The van der Waals surface area contributed by atoms with Crippen molar-refractivity contribution >= 4 is 28.4 Å². The van der Waals surface area contributed by atoms with E-state index >= 15 is 4.39 Å². The Morgan fingerprint density at radius 1 is 1.05 bits per heavy atom. The van der Waals surface area contributed by atoms with Crippen LogP contribution in [0.25, 0.3) is 16.7 Å². The zero-order valence-electron chi connectivity index (χ0n) is 22.1. The van der Waals surface area contributed by atoms with Crippen LogP contribution in [0.5, 0.6) is 11.5 Å². The molecule has 11 nitrogen and oxygen atoms in total. The number of benzene rings is 2. The van der Waals surface area contributed by atoms with Gasteiger partial charge in [-0.25, -0.2) is 13.8 Å². The van der Waals surface area contributed by atoms with Gasteiger partial charge in [0.1, 0.15) is 22.5 Å². The van der Waals surface area contributed by atoms with Crippen molar-refractivity contribution in [1.82, 2.24) is 25.0 Å². The van der Waals surface area contributed by atoms with Crippen LogP contribution >= 0.6 is 0 Å². The average molecular weight is 574 g/mol. The van der Waals surface area contributed by atoms with Crippen LogP contribution in [0.1, 0.15) is 36.0 Å². The predicted octanol–water partition coefficient (Wildman–Crippen LogP) is 4.54. The minimum absolute atomic E-state index is 0.0214. The molecule has 1 amide bonds. The number of aromatic nitrogens is 5. The van der Waals surface area contributed by atoms with E-state index in [1.807, 2.05) is 0 Å². The number of hydrogen-bond acceptors (Lipinski definition) is 8. The molecule has 3 aromatic heterocycles. The van der Waals surface area contributed by atoms with Crippen LogP contribution in [0.15, 0.2) is 71.8 Å². The molecular formula is C29H25F2N7O4. The van der Waals surface area contributed by atoms with E-state index in [2.05, 4.69) is 30.9 Å². The molecule has 1 fully saturated rings. The lowest BCUT2D eigenvalue weighted by Gasteiger charge is -2.26. The molecule has 0 saturated heterocycles. The number of pyridine rings is 1. The van der Waals surface area contributed by atoms with E-state index in [1.165, 1.54) is 54.9 Å². The number of ether oxygens (including phenoxy) is 1. The third kappa shape index (κ3) is 5.54. The Morgan fingerprint density at radius 3 is 2.67 bits per heavy atom.